The fourth-order valence-corrected chi connectivity index (χ4v) is 3.12. The molecule has 0 radical (unpaired) electrons. The number of anilines is 1. The van der Waals surface area contributed by atoms with Crippen molar-refractivity contribution >= 4 is 35.6 Å². The number of hydrogen-bond donors (Lipinski definition) is 2. The van der Waals surface area contributed by atoms with Gasteiger partial charge in [-0.15, -0.1) is 24.0 Å². The van der Waals surface area contributed by atoms with E-state index in [0.29, 0.717) is 35.4 Å². The molecule has 2 rings (SSSR count). The Morgan fingerprint density at radius 1 is 1.03 bits per heavy atom. The molecule has 0 spiro atoms. The van der Waals surface area contributed by atoms with Crippen molar-refractivity contribution in [3.05, 3.63) is 47.5 Å². The van der Waals surface area contributed by atoms with Crippen LogP contribution in [0.4, 0.5) is 14.5 Å². The molecule has 10 heteroatoms. The Labute approximate surface area is 205 Å². The van der Waals surface area contributed by atoms with E-state index in [1.807, 2.05) is 6.92 Å². The third kappa shape index (κ3) is 6.83. The summed E-state index contributed by atoms with van der Waals surface area (Å²) in [6.07, 6.45) is 0. The summed E-state index contributed by atoms with van der Waals surface area (Å²) in [5, 5.41) is 6.30. The molecule has 0 saturated heterocycles. The van der Waals surface area contributed by atoms with Crippen molar-refractivity contribution in [1.82, 2.24) is 10.2 Å². The summed E-state index contributed by atoms with van der Waals surface area (Å²) in [4.78, 5) is 6.28. The minimum atomic E-state index is -0.600. The van der Waals surface area contributed by atoms with Crippen LogP contribution in [0.1, 0.15) is 18.5 Å². The number of benzene rings is 2. The van der Waals surface area contributed by atoms with Crippen LogP contribution >= 0.6 is 24.0 Å². The van der Waals surface area contributed by atoms with E-state index >= 15 is 0 Å². The molecule has 0 bridgehead atoms. The zero-order valence-electron chi connectivity index (χ0n) is 19.2. The molecule has 0 aliphatic carbocycles. The van der Waals surface area contributed by atoms with E-state index in [2.05, 4.69) is 15.6 Å². The highest BCUT2D eigenvalue weighted by Crippen LogP contribution is 2.39. The number of likely N-dealkylation sites (N-methyl/N-ethyl adjacent to an activating group) is 1. The highest BCUT2D eigenvalue weighted by molar-refractivity contribution is 14.0. The molecule has 178 valence electrons. The van der Waals surface area contributed by atoms with E-state index in [0.717, 1.165) is 0 Å². The fraction of sp³-hybridized carbons (Fsp3) is 0.409. The second-order valence-electron chi connectivity index (χ2n) is 6.87. The van der Waals surface area contributed by atoms with Crippen LogP contribution in [0.3, 0.4) is 0 Å². The van der Waals surface area contributed by atoms with Crippen molar-refractivity contribution in [3.8, 4) is 17.2 Å². The minimum absolute atomic E-state index is 0. The van der Waals surface area contributed by atoms with Crippen molar-refractivity contribution in [2.24, 2.45) is 4.99 Å². The average molecular weight is 564 g/mol. The summed E-state index contributed by atoms with van der Waals surface area (Å²) in [5.74, 6) is 0.688. The lowest BCUT2D eigenvalue weighted by Gasteiger charge is -2.24. The summed E-state index contributed by atoms with van der Waals surface area (Å²) < 4.78 is 44.8. The van der Waals surface area contributed by atoms with E-state index in [1.165, 1.54) is 39.5 Å². The van der Waals surface area contributed by atoms with Gasteiger partial charge < -0.3 is 29.7 Å². The number of aliphatic imine (C=N–C) groups is 1. The first-order chi connectivity index (χ1) is 14.9. The number of hydrogen-bond acceptors (Lipinski definition) is 5. The highest BCUT2D eigenvalue weighted by atomic mass is 127. The Kier molecular flexibility index (Phi) is 11.5. The number of rotatable bonds is 9. The Hall–Kier alpha value is -2.34. The molecule has 2 aromatic carbocycles. The first kappa shape index (κ1) is 27.7. The number of guanidine groups is 1. The van der Waals surface area contributed by atoms with Crippen LogP contribution < -0.4 is 24.8 Å². The standard InChI is InChI=1S/C22H30F2N4O3.HI/c1-7-25-22(27-14-11-18(29-4)21(31-6)19(12-14)30-5)26-13-17(28(2)3)20-15(23)9-8-10-16(20)24;/h8-12,17H,7,13H2,1-6H3,(H2,25,26,27);1H. The minimum Gasteiger partial charge on any atom is -0.493 e. The van der Waals surface area contributed by atoms with E-state index in [4.69, 9.17) is 14.2 Å². The summed E-state index contributed by atoms with van der Waals surface area (Å²) in [6.45, 7) is 2.65. The van der Waals surface area contributed by atoms with E-state index < -0.39 is 17.7 Å². The molecule has 1 atom stereocenters. The van der Waals surface area contributed by atoms with Gasteiger partial charge >= 0.3 is 0 Å². The number of nitrogens with one attached hydrogen (secondary N) is 2. The molecule has 0 fully saturated rings. The lowest BCUT2D eigenvalue weighted by molar-refractivity contribution is 0.290. The summed E-state index contributed by atoms with van der Waals surface area (Å²) in [5.41, 5.74) is 0.632. The SMILES string of the molecule is CCNC(=NCC(c1c(F)cccc1F)N(C)C)Nc1cc(OC)c(OC)c(OC)c1.I. The first-order valence-electron chi connectivity index (χ1n) is 9.81. The monoisotopic (exact) mass is 564 g/mol. The zero-order valence-corrected chi connectivity index (χ0v) is 21.5. The van der Waals surface area contributed by atoms with Crippen molar-refractivity contribution in [3.63, 3.8) is 0 Å². The van der Waals surface area contributed by atoms with E-state index in [-0.39, 0.29) is 36.1 Å². The van der Waals surface area contributed by atoms with Crippen molar-refractivity contribution in [2.75, 3.05) is 53.8 Å². The van der Waals surface area contributed by atoms with Gasteiger partial charge in [0.05, 0.1) is 33.9 Å². The van der Waals surface area contributed by atoms with Gasteiger partial charge in [0.2, 0.25) is 5.75 Å². The van der Waals surface area contributed by atoms with Gasteiger partial charge in [-0.1, -0.05) is 6.07 Å². The van der Waals surface area contributed by atoms with Gasteiger partial charge in [0.15, 0.2) is 17.5 Å². The first-order valence-corrected chi connectivity index (χ1v) is 9.81. The van der Waals surface area contributed by atoms with Crippen LogP contribution in [0.2, 0.25) is 0 Å². The zero-order chi connectivity index (χ0) is 23.0. The Morgan fingerprint density at radius 2 is 1.59 bits per heavy atom. The van der Waals surface area contributed by atoms with Crippen LogP contribution in [0.15, 0.2) is 35.3 Å². The molecular weight excluding hydrogens is 533 g/mol. The predicted octanol–water partition coefficient (Wildman–Crippen LogP) is 4.29. The normalized spacial score (nSPS) is 12.1. The molecule has 0 heterocycles. The molecule has 0 aliphatic rings. The number of halogens is 3. The molecular formula is C22H31F2IN4O3. The van der Waals surface area contributed by atoms with Crippen LogP contribution in [0.25, 0.3) is 0 Å². The third-order valence-electron chi connectivity index (χ3n) is 4.65. The molecule has 0 aromatic heterocycles. The van der Waals surface area contributed by atoms with Gasteiger partial charge in [0.25, 0.3) is 0 Å². The molecule has 2 aromatic rings. The van der Waals surface area contributed by atoms with Gasteiger partial charge in [0.1, 0.15) is 11.6 Å². The molecule has 32 heavy (non-hydrogen) atoms. The number of methoxy groups -OCH3 is 3. The predicted molar refractivity (Wildman–Crippen MR) is 134 cm³/mol. The second-order valence-corrected chi connectivity index (χ2v) is 6.87. The lowest BCUT2D eigenvalue weighted by Crippen LogP contribution is -2.32. The van der Waals surface area contributed by atoms with Gasteiger partial charge in [0, 0.05) is 29.9 Å². The largest absolute Gasteiger partial charge is 0.493 e. The highest BCUT2D eigenvalue weighted by Gasteiger charge is 2.22. The van der Waals surface area contributed by atoms with Crippen molar-refractivity contribution in [1.29, 1.82) is 0 Å². The van der Waals surface area contributed by atoms with E-state index in [1.54, 1.807) is 31.1 Å². The Morgan fingerprint density at radius 3 is 2.03 bits per heavy atom. The average Bonchev–Trinajstić information content (AvgIpc) is 2.74. The van der Waals surface area contributed by atoms with Crippen LogP contribution in [-0.4, -0.2) is 59.4 Å². The molecule has 0 saturated carbocycles. The van der Waals surface area contributed by atoms with Crippen LogP contribution in [-0.2, 0) is 0 Å². The molecule has 0 aliphatic heterocycles. The van der Waals surface area contributed by atoms with Gasteiger partial charge in [-0.25, -0.2) is 8.78 Å². The van der Waals surface area contributed by atoms with Crippen molar-refractivity contribution in [2.45, 2.75) is 13.0 Å². The van der Waals surface area contributed by atoms with Gasteiger partial charge in [-0.2, -0.15) is 0 Å². The molecule has 2 N–H and O–H groups in total. The summed E-state index contributed by atoms with van der Waals surface area (Å²) in [7, 11) is 8.11. The summed E-state index contributed by atoms with van der Waals surface area (Å²) >= 11 is 0. The maximum Gasteiger partial charge on any atom is 0.203 e. The Bertz CT molecular complexity index is 867. The quantitative estimate of drug-likeness (QED) is 0.269. The molecule has 1 unspecified atom stereocenters. The lowest BCUT2D eigenvalue weighted by atomic mass is 10.0. The second kappa shape index (κ2) is 13.3. The molecule has 7 nitrogen and oxygen atoms in total. The molecule has 0 amide bonds. The van der Waals surface area contributed by atoms with Crippen molar-refractivity contribution < 1.29 is 23.0 Å². The topological polar surface area (TPSA) is 67.4 Å². The van der Waals surface area contributed by atoms with Crippen LogP contribution in [0.5, 0.6) is 17.2 Å². The Balaban J connectivity index is 0.00000512. The van der Waals surface area contributed by atoms with Gasteiger partial charge in [-0.05, 0) is 33.2 Å². The van der Waals surface area contributed by atoms with Crippen LogP contribution in [0, 0.1) is 11.6 Å². The maximum atomic E-state index is 14.3. The summed E-state index contributed by atoms with van der Waals surface area (Å²) in [6, 6.07) is 6.75. The van der Waals surface area contributed by atoms with Gasteiger partial charge in [-0.3, -0.25) is 4.99 Å². The fourth-order valence-electron chi connectivity index (χ4n) is 3.12. The number of ether oxygens (including phenoxy) is 3. The smallest absolute Gasteiger partial charge is 0.203 e. The van der Waals surface area contributed by atoms with E-state index in [9.17, 15) is 8.78 Å². The maximum absolute atomic E-state index is 14.3. The number of nitrogens with zero attached hydrogens (tertiary/aromatic N) is 2. The third-order valence-corrected chi connectivity index (χ3v) is 4.65.